The third kappa shape index (κ3) is 2.01. The first-order valence-electron chi connectivity index (χ1n) is 9.82. The second-order valence-corrected chi connectivity index (χ2v) is 7.89. The lowest BCUT2D eigenvalue weighted by Crippen LogP contribution is -2.44. The van der Waals surface area contributed by atoms with Crippen LogP contribution in [-0.2, 0) is 28.3 Å². The largest absolute Gasteiger partial charge is 0.458 e. The van der Waals surface area contributed by atoms with Crippen LogP contribution in [0.15, 0.2) is 23.0 Å². The average Bonchev–Trinajstić information content (AvgIpc) is 3.35. The molecule has 3 aliphatic heterocycles. The number of ether oxygens (including phenoxy) is 3. The number of rotatable bonds is 1. The number of carbonyl (C=O) groups is 1. The van der Waals surface area contributed by atoms with Crippen LogP contribution in [0.25, 0.3) is 22.3 Å². The molecule has 0 spiro atoms. The quantitative estimate of drug-likeness (QED) is 0.483. The summed E-state index contributed by atoms with van der Waals surface area (Å²) in [6, 6.07) is 5.47. The third-order valence-corrected chi connectivity index (χ3v) is 6.47. The molecule has 8 nitrogen and oxygen atoms in total. The minimum absolute atomic E-state index is 0.113. The van der Waals surface area contributed by atoms with Gasteiger partial charge in [-0.05, 0) is 31.0 Å². The molecule has 0 saturated heterocycles. The van der Waals surface area contributed by atoms with Crippen LogP contribution in [-0.4, -0.2) is 27.4 Å². The number of hydrogen-bond acceptors (Lipinski definition) is 7. The number of fused-ring (bicyclic) bond motifs is 6. The summed E-state index contributed by atoms with van der Waals surface area (Å²) in [5, 5.41) is 11.9. The van der Waals surface area contributed by atoms with Gasteiger partial charge in [0, 0.05) is 22.6 Å². The highest BCUT2D eigenvalue weighted by molar-refractivity contribution is 5.91. The fraction of sp³-hybridized carbons (Fsp3) is 0.318. The molecular formula is C22H18N2O6. The monoisotopic (exact) mass is 406 g/mol. The van der Waals surface area contributed by atoms with E-state index in [2.05, 4.69) is 0 Å². The Hall–Kier alpha value is -3.39. The summed E-state index contributed by atoms with van der Waals surface area (Å²) in [6.07, 6.45) is 0.113. The summed E-state index contributed by atoms with van der Waals surface area (Å²) in [5.74, 6) is 0.591. The minimum atomic E-state index is -1.83. The van der Waals surface area contributed by atoms with Crippen LogP contribution < -0.4 is 15.0 Å². The second kappa shape index (κ2) is 5.60. The van der Waals surface area contributed by atoms with E-state index in [0.29, 0.717) is 40.6 Å². The van der Waals surface area contributed by atoms with E-state index in [1.165, 1.54) is 0 Å². The van der Waals surface area contributed by atoms with Crippen molar-refractivity contribution in [2.24, 2.45) is 0 Å². The van der Waals surface area contributed by atoms with Crippen molar-refractivity contribution in [3.05, 3.63) is 50.8 Å². The van der Waals surface area contributed by atoms with Crippen molar-refractivity contribution < 1.29 is 24.1 Å². The summed E-state index contributed by atoms with van der Waals surface area (Å²) in [6.45, 7) is 4.10. The number of hydrogen-bond donors (Lipinski definition) is 1. The minimum Gasteiger partial charge on any atom is -0.458 e. The van der Waals surface area contributed by atoms with Gasteiger partial charge in [-0.2, -0.15) is 0 Å². The molecule has 30 heavy (non-hydrogen) atoms. The van der Waals surface area contributed by atoms with Gasteiger partial charge in [-0.3, -0.25) is 4.79 Å². The Bertz CT molecular complexity index is 1360. The molecule has 152 valence electrons. The normalized spacial score (nSPS) is 20.7. The van der Waals surface area contributed by atoms with Gasteiger partial charge in [-0.1, -0.05) is 6.92 Å². The Kier molecular flexibility index (Phi) is 3.26. The Morgan fingerprint density at radius 3 is 2.67 bits per heavy atom. The Labute approximate surface area is 170 Å². The van der Waals surface area contributed by atoms with Gasteiger partial charge in [0.05, 0.1) is 29.0 Å². The van der Waals surface area contributed by atoms with Gasteiger partial charge < -0.3 is 23.9 Å². The number of pyridine rings is 2. The summed E-state index contributed by atoms with van der Waals surface area (Å²) in [5.41, 5.74) is 2.49. The molecule has 0 fully saturated rings. The molecule has 8 heteroatoms. The molecule has 3 aromatic rings. The molecule has 0 unspecified atom stereocenters. The molecule has 3 aliphatic rings. The molecule has 0 amide bonds. The zero-order valence-corrected chi connectivity index (χ0v) is 16.4. The Balaban J connectivity index is 1.64. The molecule has 1 aromatic carbocycles. The van der Waals surface area contributed by atoms with Crippen molar-refractivity contribution in [2.75, 3.05) is 6.79 Å². The Morgan fingerprint density at radius 2 is 1.90 bits per heavy atom. The number of benzene rings is 1. The SMILES string of the molecule is CC[C@@]1(O)C(=O)OCc2c1cc1n(c2=O)Cc2c-1nc1cc3c(cc1c2C)OCO3. The summed E-state index contributed by atoms with van der Waals surface area (Å²) < 4.78 is 17.7. The van der Waals surface area contributed by atoms with Crippen LogP contribution in [0.1, 0.15) is 35.6 Å². The standard InChI is InChI=1S/C22H18N2O6/c1-3-22(27)14-5-16-19-12(7-24(16)20(25)13(14)8-28-21(22)26)10(2)11-4-17-18(30-9-29-17)6-15(11)23-19/h4-6,27H,3,7-9H2,1-2H3/t22-/m0/s1. The van der Waals surface area contributed by atoms with E-state index in [4.69, 9.17) is 19.2 Å². The van der Waals surface area contributed by atoms with Crippen LogP contribution in [0.4, 0.5) is 0 Å². The number of aryl methyl sites for hydroxylation is 1. The number of aromatic nitrogens is 2. The lowest BCUT2D eigenvalue weighted by atomic mass is 9.86. The van der Waals surface area contributed by atoms with E-state index in [1.54, 1.807) is 17.6 Å². The van der Waals surface area contributed by atoms with Crippen molar-refractivity contribution >= 4 is 16.9 Å². The molecule has 0 bridgehead atoms. The van der Waals surface area contributed by atoms with E-state index in [-0.39, 0.29) is 25.4 Å². The number of carbonyl (C=O) groups excluding carboxylic acids is 1. The molecule has 0 radical (unpaired) electrons. The van der Waals surface area contributed by atoms with Crippen molar-refractivity contribution in [3.8, 4) is 22.9 Å². The smallest absolute Gasteiger partial charge is 0.343 e. The fourth-order valence-corrected chi connectivity index (χ4v) is 4.67. The first-order valence-corrected chi connectivity index (χ1v) is 9.82. The summed E-state index contributed by atoms with van der Waals surface area (Å²) >= 11 is 0. The highest BCUT2D eigenvalue weighted by atomic mass is 16.7. The molecule has 6 rings (SSSR count). The van der Waals surface area contributed by atoms with Gasteiger partial charge in [0.25, 0.3) is 5.56 Å². The Morgan fingerprint density at radius 1 is 1.13 bits per heavy atom. The highest BCUT2D eigenvalue weighted by Crippen LogP contribution is 2.42. The van der Waals surface area contributed by atoms with Crippen molar-refractivity contribution in [2.45, 2.75) is 39.0 Å². The van der Waals surface area contributed by atoms with Gasteiger partial charge in [0.2, 0.25) is 6.79 Å². The zero-order valence-electron chi connectivity index (χ0n) is 16.4. The molecule has 2 aromatic heterocycles. The maximum Gasteiger partial charge on any atom is 0.343 e. The predicted octanol–water partition coefficient (Wildman–Crippen LogP) is 2.12. The highest BCUT2D eigenvalue weighted by Gasteiger charge is 2.45. The summed E-state index contributed by atoms with van der Waals surface area (Å²) in [7, 11) is 0. The van der Waals surface area contributed by atoms with E-state index >= 15 is 0 Å². The van der Waals surface area contributed by atoms with Crippen molar-refractivity contribution in [1.82, 2.24) is 9.55 Å². The van der Waals surface area contributed by atoms with E-state index in [0.717, 1.165) is 22.0 Å². The molecule has 1 N–H and O–H groups in total. The lowest BCUT2D eigenvalue weighted by Gasteiger charge is -2.31. The third-order valence-electron chi connectivity index (χ3n) is 6.47. The number of cyclic esters (lactones) is 1. The van der Waals surface area contributed by atoms with Crippen LogP contribution in [0.3, 0.4) is 0 Å². The number of nitrogens with zero attached hydrogens (tertiary/aromatic N) is 2. The topological polar surface area (TPSA) is 99.9 Å². The van der Waals surface area contributed by atoms with Crippen LogP contribution in [0.2, 0.25) is 0 Å². The first-order chi connectivity index (χ1) is 14.4. The van der Waals surface area contributed by atoms with E-state index in [1.807, 2.05) is 19.1 Å². The second-order valence-electron chi connectivity index (χ2n) is 7.89. The van der Waals surface area contributed by atoms with Crippen molar-refractivity contribution in [1.29, 1.82) is 0 Å². The van der Waals surface area contributed by atoms with Crippen LogP contribution in [0.5, 0.6) is 11.5 Å². The molecule has 1 atom stereocenters. The van der Waals surface area contributed by atoms with Crippen LogP contribution in [0, 0.1) is 6.92 Å². The summed E-state index contributed by atoms with van der Waals surface area (Å²) in [4.78, 5) is 30.4. The first kappa shape index (κ1) is 17.5. The van der Waals surface area contributed by atoms with Gasteiger partial charge in [0.1, 0.15) is 6.61 Å². The number of esters is 1. The molecular weight excluding hydrogens is 388 g/mol. The lowest BCUT2D eigenvalue weighted by molar-refractivity contribution is -0.172. The van der Waals surface area contributed by atoms with Gasteiger partial charge in [-0.25, -0.2) is 9.78 Å². The molecule has 0 saturated carbocycles. The van der Waals surface area contributed by atoms with Gasteiger partial charge in [0.15, 0.2) is 17.1 Å². The van der Waals surface area contributed by atoms with Crippen LogP contribution >= 0.6 is 0 Å². The maximum atomic E-state index is 13.2. The maximum absolute atomic E-state index is 13.2. The number of aliphatic hydroxyl groups is 1. The van der Waals surface area contributed by atoms with Crippen molar-refractivity contribution in [3.63, 3.8) is 0 Å². The average molecular weight is 406 g/mol. The molecule has 5 heterocycles. The molecule has 0 aliphatic carbocycles. The fourth-order valence-electron chi connectivity index (χ4n) is 4.67. The predicted molar refractivity (Wildman–Crippen MR) is 105 cm³/mol. The van der Waals surface area contributed by atoms with Gasteiger partial charge in [-0.15, -0.1) is 0 Å². The van der Waals surface area contributed by atoms with E-state index in [9.17, 15) is 14.7 Å². The van der Waals surface area contributed by atoms with E-state index < -0.39 is 11.6 Å². The van der Waals surface area contributed by atoms with Gasteiger partial charge >= 0.3 is 5.97 Å². The zero-order chi connectivity index (χ0) is 20.8.